The third kappa shape index (κ3) is 2.05. The molecule has 0 aliphatic carbocycles. The highest BCUT2D eigenvalue weighted by molar-refractivity contribution is 5.51. The Hall–Kier alpha value is -1.84. The predicted octanol–water partition coefficient (Wildman–Crippen LogP) is 2.48. The molecule has 0 atom stereocenters. The zero-order valence-electron chi connectivity index (χ0n) is 9.37. The number of benzene rings is 1. The van der Waals surface area contributed by atoms with Gasteiger partial charge in [0.25, 0.3) is 0 Å². The monoisotopic (exact) mass is 219 g/mol. The van der Waals surface area contributed by atoms with Crippen LogP contribution in [0.15, 0.2) is 30.7 Å². The first-order chi connectivity index (χ1) is 7.68. The van der Waals surface area contributed by atoms with Crippen molar-refractivity contribution >= 4 is 5.69 Å². The molecule has 4 heteroatoms. The summed E-state index contributed by atoms with van der Waals surface area (Å²) in [5, 5.41) is 3.09. The van der Waals surface area contributed by atoms with Gasteiger partial charge < -0.3 is 9.88 Å². The molecule has 1 heterocycles. The topological polar surface area (TPSA) is 29.9 Å². The lowest BCUT2D eigenvalue weighted by Gasteiger charge is -2.10. The van der Waals surface area contributed by atoms with Crippen LogP contribution in [0, 0.1) is 12.7 Å². The van der Waals surface area contributed by atoms with Gasteiger partial charge in [0.05, 0.1) is 24.3 Å². The van der Waals surface area contributed by atoms with Crippen LogP contribution in [0.1, 0.15) is 11.3 Å². The van der Waals surface area contributed by atoms with Gasteiger partial charge in [0.15, 0.2) is 0 Å². The maximum Gasteiger partial charge on any atom is 0.146 e. The fourth-order valence-corrected chi connectivity index (χ4v) is 1.59. The van der Waals surface area contributed by atoms with E-state index >= 15 is 0 Å². The summed E-state index contributed by atoms with van der Waals surface area (Å²) in [6, 6.07) is 5.05. The number of rotatable bonds is 3. The fraction of sp³-hybridized carbons (Fsp3) is 0.250. The first-order valence-corrected chi connectivity index (χ1v) is 5.12. The largest absolute Gasteiger partial charge is 0.377 e. The maximum atomic E-state index is 13.5. The van der Waals surface area contributed by atoms with Gasteiger partial charge in [-0.25, -0.2) is 9.37 Å². The second kappa shape index (κ2) is 4.35. The third-order valence-electron chi connectivity index (χ3n) is 2.58. The summed E-state index contributed by atoms with van der Waals surface area (Å²) < 4.78 is 15.4. The number of hydrogen-bond donors (Lipinski definition) is 1. The predicted molar refractivity (Wildman–Crippen MR) is 61.7 cm³/mol. The van der Waals surface area contributed by atoms with Gasteiger partial charge in [0, 0.05) is 13.2 Å². The molecule has 2 aromatic rings. The van der Waals surface area contributed by atoms with E-state index in [1.54, 1.807) is 18.6 Å². The van der Waals surface area contributed by atoms with Crippen LogP contribution in [0.5, 0.6) is 0 Å². The number of para-hydroxylation sites is 1. The van der Waals surface area contributed by atoms with Crippen molar-refractivity contribution in [1.29, 1.82) is 0 Å². The van der Waals surface area contributed by atoms with Crippen LogP contribution in [0.2, 0.25) is 0 Å². The summed E-state index contributed by atoms with van der Waals surface area (Å²) in [6.45, 7) is 2.45. The molecule has 0 saturated heterocycles. The number of aromatic nitrogens is 2. The van der Waals surface area contributed by atoms with E-state index in [2.05, 4.69) is 10.3 Å². The molecule has 0 saturated carbocycles. The van der Waals surface area contributed by atoms with Crippen molar-refractivity contribution in [1.82, 2.24) is 9.55 Å². The number of nitrogens with zero attached hydrogens (tertiary/aromatic N) is 2. The third-order valence-corrected chi connectivity index (χ3v) is 2.58. The molecule has 0 bridgehead atoms. The lowest BCUT2D eigenvalue weighted by molar-refractivity contribution is 0.628. The van der Waals surface area contributed by atoms with Crippen molar-refractivity contribution in [2.75, 3.05) is 5.32 Å². The summed E-state index contributed by atoms with van der Waals surface area (Å²) in [4.78, 5) is 4.01. The summed E-state index contributed by atoms with van der Waals surface area (Å²) in [7, 11) is 1.91. The molecular formula is C12H14FN3. The van der Waals surface area contributed by atoms with E-state index in [1.165, 1.54) is 6.07 Å². The number of hydrogen-bond acceptors (Lipinski definition) is 2. The Morgan fingerprint density at radius 2 is 2.25 bits per heavy atom. The minimum Gasteiger partial charge on any atom is -0.377 e. The van der Waals surface area contributed by atoms with Crippen LogP contribution in [0.4, 0.5) is 10.1 Å². The van der Waals surface area contributed by atoms with Gasteiger partial charge in [0.1, 0.15) is 5.82 Å². The van der Waals surface area contributed by atoms with Gasteiger partial charge in [0.2, 0.25) is 0 Å². The van der Waals surface area contributed by atoms with Crippen molar-refractivity contribution in [2.24, 2.45) is 7.05 Å². The van der Waals surface area contributed by atoms with Gasteiger partial charge in [-0.3, -0.25) is 0 Å². The van der Waals surface area contributed by atoms with E-state index in [4.69, 9.17) is 0 Å². The Bertz CT molecular complexity index is 471. The Morgan fingerprint density at radius 1 is 1.44 bits per heavy atom. The molecule has 2 rings (SSSR count). The van der Waals surface area contributed by atoms with Gasteiger partial charge in [-0.15, -0.1) is 0 Å². The SMILES string of the molecule is Cc1cccc(F)c1NCc1cncn1C. The number of aryl methyl sites for hydroxylation is 2. The van der Waals surface area contributed by atoms with E-state index < -0.39 is 0 Å². The molecular weight excluding hydrogens is 205 g/mol. The summed E-state index contributed by atoms with van der Waals surface area (Å²) in [5.41, 5.74) is 2.48. The average Bonchev–Trinajstić information content (AvgIpc) is 2.64. The molecule has 84 valence electrons. The van der Waals surface area contributed by atoms with Crippen LogP contribution in [-0.4, -0.2) is 9.55 Å². The van der Waals surface area contributed by atoms with Crippen molar-refractivity contribution in [2.45, 2.75) is 13.5 Å². The van der Waals surface area contributed by atoms with E-state index in [0.29, 0.717) is 12.2 Å². The van der Waals surface area contributed by atoms with E-state index in [9.17, 15) is 4.39 Å². The molecule has 3 nitrogen and oxygen atoms in total. The normalized spacial score (nSPS) is 10.4. The first kappa shape index (κ1) is 10.7. The molecule has 0 radical (unpaired) electrons. The fourth-order valence-electron chi connectivity index (χ4n) is 1.59. The molecule has 1 aromatic carbocycles. The van der Waals surface area contributed by atoms with Crippen LogP contribution < -0.4 is 5.32 Å². The van der Waals surface area contributed by atoms with Crippen LogP contribution in [0.25, 0.3) is 0 Å². The lowest BCUT2D eigenvalue weighted by atomic mass is 10.2. The zero-order valence-corrected chi connectivity index (χ0v) is 9.37. The molecule has 0 unspecified atom stereocenters. The van der Waals surface area contributed by atoms with Crippen molar-refractivity contribution in [3.8, 4) is 0 Å². The summed E-state index contributed by atoms with van der Waals surface area (Å²) in [5.74, 6) is -0.220. The van der Waals surface area contributed by atoms with Crippen LogP contribution >= 0.6 is 0 Å². The van der Waals surface area contributed by atoms with Gasteiger partial charge in [-0.1, -0.05) is 12.1 Å². The van der Waals surface area contributed by atoms with Crippen molar-refractivity contribution in [3.05, 3.63) is 47.8 Å². The quantitative estimate of drug-likeness (QED) is 0.859. The standard InChI is InChI=1S/C12H14FN3/c1-9-4-3-5-11(13)12(9)15-7-10-6-14-8-16(10)2/h3-6,8,15H,7H2,1-2H3. The summed E-state index contributed by atoms with van der Waals surface area (Å²) in [6.07, 6.45) is 3.49. The second-order valence-corrected chi connectivity index (χ2v) is 3.78. The second-order valence-electron chi connectivity index (χ2n) is 3.78. The molecule has 0 spiro atoms. The van der Waals surface area contributed by atoms with Crippen molar-refractivity contribution in [3.63, 3.8) is 0 Å². The summed E-state index contributed by atoms with van der Waals surface area (Å²) >= 11 is 0. The average molecular weight is 219 g/mol. The molecule has 0 aliphatic rings. The Balaban J connectivity index is 2.14. The lowest BCUT2D eigenvalue weighted by Crippen LogP contribution is -2.06. The number of imidazole rings is 1. The minimum atomic E-state index is -0.220. The highest BCUT2D eigenvalue weighted by Crippen LogP contribution is 2.19. The van der Waals surface area contributed by atoms with Gasteiger partial charge >= 0.3 is 0 Å². The molecule has 0 fully saturated rings. The number of anilines is 1. The number of nitrogens with one attached hydrogen (secondary N) is 1. The van der Waals surface area contributed by atoms with Crippen LogP contribution in [0.3, 0.4) is 0 Å². The molecule has 1 aromatic heterocycles. The molecule has 0 amide bonds. The van der Waals surface area contributed by atoms with Crippen LogP contribution in [-0.2, 0) is 13.6 Å². The Morgan fingerprint density at radius 3 is 2.88 bits per heavy atom. The minimum absolute atomic E-state index is 0.220. The first-order valence-electron chi connectivity index (χ1n) is 5.12. The van der Waals surface area contributed by atoms with E-state index in [-0.39, 0.29) is 5.82 Å². The van der Waals surface area contributed by atoms with Gasteiger partial charge in [-0.05, 0) is 18.6 Å². The highest BCUT2D eigenvalue weighted by Gasteiger charge is 2.05. The molecule has 16 heavy (non-hydrogen) atoms. The highest BCUT2D eigenvalue weighted by atomic mass is 19.1. The Kier molecular flexibility index (Phi) is 2.90. The Labute approximate surface area is 93.9 Å². The zero-order chi connectivity index (χ0) is 11.5. The van der Waals surface area contributed by atoms with Gasteiger partial charge in [-0.2, -0.15) is 0 Å². The maximum absolute atomic E-state index is 13.5. The van der Waals surface area contributed by atoms with E-state index in [1.807, 2.05) is 24.6 Å². The molecule has 1 N–H and O–H groups in total. The number of halogens is 1. The molecule has 0 aliphatic heterocycles. The van der Waals surface area contributed by atoms with Crippen molar-refractivity contribution < 1.29 is 4.39 Å². The smallest absolute Gasteiger partial charge is 0.146 e. The van der Waals surface area contributed by atoms with E-state index in [0.717, 1.165) is 11.3 Å².